The number of esters is 1. The zero-order chi connectivity index (χ0) is 12.3. The Morgan fingerprint density at radius 1 is 1.50 bits per heavy atom. The second-order valence-electron chi connectivity index (χ2n) is 4.84. The summed E-state index contributed by atoms with van der Waals surface area (Å²) >= 11 is 0. The van der Waals surface area contributed by atoms with Crippen LogP contribution in [0.1, 0.15) is 26.7 Å². The molecule has 0 aromatic rings. The summed E-state index contributed by atoms with van der Waals surface area (Å²) in [6, 6.07) is -0.274. The van der Waals surface area contributed by atoms with Gasteiger partial charge in [0.05, 0.1) is 12.5 Å². The van der Waals surface area contributed by atoms with E-state index in [4.69, 9.17) is 9.84 Å². The van der Waals surface area contributed by atoms with Crippen molar-refractivity contribution < 1.29 is 19.4 Å². The van der Waals surface area contributed by atoms with Crippen molar-refractivity contribution >= 4 is 11.9 Å². The van der Waals surface area contributed by atoms with Gasteiger partial charge < -0.3 is 9.84 Å². The number of carbonyl (C=O) groups excluding carboxylic acids is 1. The molecule has 0 radical (unpaired) electrons. The largest absolute Gasteiger partial charge is 0.481 e. The van der Waals surface area contributed by atoms with Gasteiger partial charge in [0.25, 0.3) is 0 Å². The Kier molecular flexibility index (Phi) is 3.91. The minimum atomic E-state index is -0.844. The summed E-state index contributed by atoms with van der Waals surface area (Å²) in [5.74, 6) is -1.11. The first kappa shape index (κ1) is 13.0. The molecule has 0 spiro atoms. The molecule has 92 valence electrons. The quantitative estimate of drug-likeness (QED) is 0.720. The zero-order valence-electron chi connectivity index (χ0n) is 10.0. The molecule has 16 heavy (non-hydrogen) atoms. The second-order valence-corrected chi connectivity index (χ2v) is 4.84. The maximum atomic E-state index is 11.5. The average molecular weight is 229 g/mol. The number of hydrogen-bond donors (Lipinski definition) is 1. The normalized spacial score (nSPS) is 22.1. The first-order chi connectivity index (χ1) is 7.38. The molecular formula is C11H19NO4. The van der Waals surface area contributed by atoms with Crippen molar-refractivity contribution in [3.8, 4) is 0 Å². The number of aliphatic carboxylic acids is 1. The molecule has 1 saturated heterocycles. The van der Waals surface area contributed by atoms with E-state index in [0.29, 0.717) is 6.54 Å². The van der Waals surface area contributed by atoms with Crippen molar-refractivity contribution in [3.05, 3.63) is 0 Å². The molecule has 1 atom stereocenters. The molecule has 1 unspecified atom stereocenters. The van der Waals surface area contributed by atoms with E-state index >= 15 is 0 Å². The molecule has 1 rings (SSSR count). The Bertz CT molecular complexity index is 288. The highest BCUT2D eigenvalue weighted by molar-refractivity contribution is 5.77. The molecule has 1 aliphatic heterocycles. The molecule has 5 heteroatoms. The Labute approximate surface area is 95.4 Å². The number of likely N-dealkylation sites (tertiary alicyclic amines) is 1. The van der Waals surface area contributed by atoms with Crippen LogP contribution in [-0.4, -0.2) is 48.2 Å². The van der Waals surface area contributed by atoms with Crippen LogP contribution < -0.4 is 0 Å². The molecule has 0 saturated carbocycles. The molecule has 0 bridgehead atoms. The smallest absolute Gasteiger partial charge is 0.323 e. The highest BCUT2D eigenvalue weighted by Gasteiger charge is 2.37. The van der Waals surface area contributed by atoms with Gasteiger partial charge in [0.15, 0.2) is 0 Å². The number of hydrogen-bond acceptors (Lipinski definition) is 4. The Morgan fingerprint density at radius 3 is 2.62 bits per heavy atom. The van der Waals surface area contributed by atoms with Crippen LogP contribution in [0.4, 0.5) is 0 Å². The highest BCUT2D eigenvalue weighted by atomic mass is 16.5. The first-order valence-corrected chi connectivity index (χ1v) is 5.44. The van der Waals surface area contributed by atoms with Gasteiger partial charge in [0.2, 0.25) is 0 Å². The van der Waals surface area contributed by atoms with Gasteiger partial charge in [0.1, 0.15) is 6.04 Å². The predicted octanol–water partition coefficient (Wildman–Crippen LogP) is 0.735. The predicted molar refractivity (Wildman–Crippen MR) is 58.0 cm³/mol. The first-order valence-electron chi connectivity index (χ1n) is 5.44. The average Bonchev–Trinajstić information content (AvgIpc) is 2.63. The van der Waals surface area contributed by atoms with Crippen molar-refractivity contribution in [2.24, 2.45) is 5.41 Å². The maximum Gasteiger partial charge on any atom is 0.323 e. The molecule has 1 aliphatic rings. The van der Waals surface area contributed by atoms with E-state index in [-0.39, 0.29) is 12.0 Å². The summed E-state index contributed by atoms with van der Waals surface area (Å²) in [7, 11) is 1.36. The summed E-state index contributed by atoms with van der Waals surface area (Å²) in [5.41, 5.74) is -0.837. The van der Waals surface area contributed by atoms with Gasteiger partial charge in [-0.05, 0) is 33.2 Å². The molecule has 0 aliphatic carbocycles. The van der Waals surface area contributed by atoms with Crippen LogP contribution in [0.25, 0.3) is 0 Å². The number of methoxy groups -OCH3 is 1. The third-order valence-electron chi connectivity index (χ3n) is 3.01. The molecule has 0 aromatic carbocycles. The van der Waals surface area contributed by atoms with Crippen LogP contribution in [0.15, 0.2) is 0 Å². The van der Waals surface area contributed by atoms with E-state index in [1.807, 2.05) is 4.90 Å². The third kappa shape index (κ3) is 2.72. The summed E-state index contributed by atoms with van der Waals surface area (Å²) in [5, 5.41) is 9.04. The minimum absolute atomic E-state index is 0.265. The molecular weight excluding hydrogens is 210 g/mol. The Balaban J connectivity index is 2.66. The van der Waals surface area contributed by atoms with Gasteiger partial charge in [-0.3, -0.25) is 14.5 Å². The number of ether oxygens (including phenoxy) is 1. The maximum absolute atomic E-state index is 11.5. The monoisotopic (exact) mass is 229 g/mol. The second kappa shape index (κ2) is 4.82. The molecule has 1 fully saturated rings. The van der Waals surface area contributed by atoms with Crippen molar-refractivity contribution in [1.29, 1.82) is 0 Å². The van der Waals surface area contributed by atoms with Gasteiger partial charge in [-0.1, -0.05) is 0 Å². The summed E-state index contributed by atoms with van der Waals surface area (Å²) in [6.07, 6.45) is 1.66. The van der Waals surface area contributed by atoms with Crippen molar-refractivity contribution in [1.82, 2.24) is 4.90 Å². The number of carboxylic acids is 1. The fourth-order valence-corrected chi connectivity index (χ4v) is 1.99. The third-order valence-corrected chi connectivity index (χ3v) is 3.01. The lowest BCUT2D eigenvalue weighted by atomic mass is 9.93. The zero-order valence-corrected chi connectivity index (χ0v) is 10.0. The SMILES string of the molecule is COC(=O)C1CCCN1CC(C)(C)C(=O)O. The lowest BCUT2D eigenvalue weighted by molar-refractivity contribution is -0.152. The Hall–Kier alpha value is -1.10. The van der Waals surface area contributed by atoms with Crippen LogP contribution in [0.2, 0.25) is 0 Å². The number of carboxylic acid groups (broad SMARTS) is 1. The van der Waals surface area contributed by atoms with Gasteiger partial charge in [-0.2, -0.15) is 0 Å². The molecule has 1 N–H and O–H groups in total. The van der Waals surface area contributed by atoms with Crippen LogP contribution >= 0.6 is 0 Å². The molecule has 5 nitrogen and oxygen atoms in total. The summed E-state index contributed by atoms with van der Waals surface area (Å²) < 4.78 is 4.71. The van der Waals surface area contributed by atoms with Gasteiger partial charge in [-0.25, -0.2) is 0 Å². The van der Waals surface area contributed by atoms with Gasteiger partial charge >= 0.3 is 11.9 Å². The summed E-state index contributed by atoms with van der Waals surface area (Å²) in [4.78, 5) is 24.4. The van der Waals surface area contributed by atoms with E-state index in [0.717, 1.165) is 19.4 Å². The molecule has 0 amide bonds. The van der Waals surface area contributed by atoms with Gasteiger partial charge in [0, 0.05) is 6.54 Å². The number of rotatable bonds is 4. The lowest BCUT2D eigenvalue weighted by Gasteiger charge is -2.29. The van der Waals surface area contributed by atoms with Crippen LogP contribution in [0, 0.1) is 5.41 Å². The number of nitrogens with zero attached hydrogens (tertiary/aromatic N) is 1. The highest BCUT2D eigenvalue weighted by Crippen LogP contribution is 2.25. The molecule has 0 aromatic heterocycles. The minimum Gasteiger partial charge on any atom is -0.481 e. The van der Waals surface area contributed by atoms with E-state index in [2.05, 4.69) is 0 Å². The van der Waals surface area contributed by atoms with E-state index in [1.165, 1.54) is 7.11 Å². The van der Waals surface area contributed by atoms with Crippen LogP contribution in [0.5, 0.6) is 0 Å². The molecule has 1 heterocycles. The van der Waals surface area contributed by atoms with Crippen molar-refractivity contribution in [2.75, 3.05) is 20.2 Å². The Morgan fingerprint density at radius 2 is 2.12 bits per heavy atom. The van der Waals surface area contributed by atoms with E-state index in [1.54, 1.807) is 13.8 Å². The topological polar surface area (TPSA) is 66.8 Å². The fraction of sp³-hybridized carbons (Fsp3) is 0.818. The fourth-order valence-electron chi connectivity index (χ4n) is 1.99. The van der Waals surface area contributed by atoms with Crippen molar-refractivity contribution in [3.63, 3.8) is 0 Å². The van der Waals surface area contributed by atoms with E-state index < -0.39 is 11.4 Å². The lowest BCUT2D eigenvalue weighted by Crippen LogP contribution is -2.44. The van der Waals surface area contributed by atoms with Crippen molar-refractivity contribution in [2.45, 2.75) is 32.7 Å². The van der Waals surface area contributed by atoms with Crippen LogP contribution in [0.3, 0.4) is 0 Å². The number of carbonyl (C=O) groups is 2. The standard InChI is InChI=1S/C11H19NO4/c1-11(2,10(14)15)7-12-6-4-5-8(12)9(13)16-3/h8H,4-7H2,1-3H3,(H,14,15). The van der Waals surface area contributed by atoms with E-state index in [9.17, 15) is 9.59 Å². The summed E-state index contributed by atoms with van der Waals surface area (Å²) in [6.45, 7) is 4.47. The van der Waals surface area contributed by atoms with Gasteiger partial charge in [-0.15, -0.1) is 0 Å². The van der Waals surface area contributed by atoms with Crippen LogP contribution in [-0.2, 0) is 14.3 Å².